The summed E-state index contributed by atoms with van der Waals surface area (Å²) in [6.07, 6.45) is 0. The molecule has 0 spiro atoms. The van der Waals surface area contributed by atoms with Crippen molar-refractivity contribution in [3.63, 3.8) is 0 Å². The van der Waals surface area contributed by atoms with Crippen LogP contribution in [0.25, 0.3) is 56.1 Å². The number of para-hydroxylation sites is 5. The Balaban J connectivity index is 1.19. The summed E-state index contributed by atoms with van der Waals surface area (Å²) in [7, 11) is 0. The lowest BCUT2D eigenvalue weighted by Crippen LogP contribution is -2.09. The minimum Gasteiger partial charge on any atom is -0.436 e. The molecule has 2 heterocycles. The Labute approximate surface area is 254 Å². The molecular weight excluding hydrogens is 540 g/mol. The molecule has 5 heteroatoms. The van der Waals surface area contributed by atoms with Crippen LogP contribution in [0.15, 0.2) is 162 Å². The normalized spacial score (nSPS) is 11.2. The van der Waals surface area contributed by atoms with Gasteiger partial charge >= 0.3 is 0 Å². The topological polar surface area (TPSA) is 55.1 Å². The van der Waals surface area contributed by atoms with Crippen molar-refractivity contribution >= 4 is 39.2 Å². The Morgan fingerprint density at radius 2 is 0.818 bits per heavy atom. The van der Waals surface area contributed by atoms with Crippen LogP contribution in [-0.4, -0.2) is 15.0 Å². The predicted molar refractivity (Wildman–Crippen MR) is 178 cm³/mol. The van der Waals surface area contributed by atoms with Crippen molar-refractivity contribution in [1.82, 2.24) is 15.0 Å². The third-order valence-corrected chi connectivity index (χ3v) is 7.70. The summed E-state index contributed by atoms with van der Waals surface area (Å²) in [5, 5.41) is 0. The Kier molecular flexibility index (Phi) is 6.39. The number of nitrogens with zero attached hydrogens (tertiary/aromatic N) is 4. The molecule has 0 bridgehead atoms. The van der Waals surface area contributed by atoms with Crippen LogP contribution in [0.4, 0.5) is 17.1 Å². The van der Waals surface area contributed by atoms with E-state index in [1.54, 1.807) is 0 Å². The quantitative estimate of drug-likeness (QED) is 0.200. The Morgan fingerprint density at radius 1 is 0.364 bits per heavy atom. The summed E-state index contributed by atoms with van der Waals surface area (Å²) >= 11 is 0. The monoisotopic (exact) mass is 566 g/mol. The lowest BCUT2D eigenvalue weighted by atomic mass is 10.0. The van der Waals surface area contributed by atoms with Crippen molar-refractivity contribution in [2.24, 2.45) is 0 Å². The van der Waals surface area contributed by atoms with Gasteiger partial charge in [0.1, 0.15) is 5.52 Å². The second-order valence-electron chi connectivity index (χ2n) is 10.5. The standard InChI is InChI=1S/C39H26N4O/c1-3-11-27(12-4-1)37-38(41-34-16-8-7-15-33(34)40-37)28-19-23-31(24-20-28)43(30-13-5-2-6-14-30)32-25-21-29(22-26-32)39-42-35-17-9-10-18-36(35)44-39/h1-26H. The minimum absolute atomic E-state index is 0.610. The molecule has 0 radical (unpaired) electrons. The average Bonchev–Trinajstić information content (AvgIpc) is 3.54. The highest BCUT2D eigenvalue weighted by molar-refractivity contribution is 5.87. The first-order valence-corrected chi connectivity index (χ1v) is 14.5. The van der Waals surface area contributed by atoms with E-state index in [1.807, 2.05) is 72.8 Å². The van der Waals surface area contributed by atoms with E-state index in [2.05, 4.69) is 94.8 Å². The molecule has 5 nitrogen and oxygen atoms in total. The van der Waals surface area contributed by atoms with Crippen molar-refractivity contribution in [2.45, 2.75) is 0 Å². The Hall–Kier alpha value is -6.07. The molecule has 6 aromatic carbocycles. The van der Waals surface area contributed by atoms with Crippen molar-refractivity contribution in [1.29, 1.82) is 0 Å². The molecule has 0 amide bonds. The molecule has 0 fully saturated rings. The summed E-state index contributed by atoms with van der Waals surface area (Å²) in [5.41, 5.74) is 11.2. The summed E-state index contributed by atoms with van der Waals surface area (Å²) in [6.45, 7) is 0. The molecule has 8 aromatic rings. The number of anilines is 3. The number of rotatable bonds is 6. The lowest BCUT2D eigenvalue weighted by Gasteiger charge is -2.25. The summed E-state index contributed by atoms with van der Waals surface area (Å²) in [5.74, 6) is 0.610. The van der Waals surface area contributed by atoms with E-state index in [-0.39, 0.29) is 0 Å². The lowest BCUT2D eigenvalue weighted by molar-refractivity contribution is 0.620. The maximum absolute atomic E-state index is 6.01. The Morgan fingerprint density at radius 3 is 1.41 bits per heavy atom. The zero-order valence-corrected chi connectivity index (χ0v) is 23.7. The second-order valence-corrected chi connectivity index (χ2v) is 10.5. The molecule has 0 aliphatic rings. The van der Waals surface area contributed by atoms with Crippen molar-refractivity contribution < 1.29 is 4.42 Å². The van der Waals surface area contributed by atoms with E-state index in [4.69, 9.17) is 14.4 Å². The third kappa shape index (κ3) is 4.76. The molecule has 0 saturated carbocycles. The highest BCUT2D eigenvalue weighted by atomic mass is 16.3. The van der Waals surface area contributed by atoms with Crippen LogP contribution in [0.2, 0.25) is 0 Å². The Bertz CT molecular complexity index is 2180. The first kappa shape index (κ1) is 25.6. The van der Waals surface area contributed by atoms with Crippen LogP contribution >= 0.6 is 0 Å². The number of benzene rings is 6. The van der Waals surface area contributed by atoms with Gasteiger partial charge in [0, 0.05) is 33.8 Å². The van der Waals surface area contributed by atoms with Gasteiger partial charge in [-0.25, -0.2) is 15.0 Å². The molecule has 0 aliphatic carbocycles. The zero-order chi connectivity index (χ0) is 29.3. The average molecular weight is 567 g/mol. The maximum atomic E-state index is 6.01. The molecule has 44 heavy (non-hydrogen) atoms. The van der Waals surface area contributed by atoms with Gasteiger partial charge in [0.25, 0.3) is 0 Å². The molecule has 0 N–H and O–H groups in total. The zero-order valence-electron chi connectivity index (χ0n) is 23.7. The molecule has 208 valence electrons. The van der Waals surface area contributed by atoms with Crippen LogP contribution in [0.5, 0.6) is 0 Å². The van der Waals surface area contributed by atoms with Crippen molar-refractivity contribution in [3.8, 4) is 34.0 Å². The van der Waals surface area contributed by atoms with Gasteiger partial charge in [0.2, 0.25) is 5.89 Å². The fraction of sp³-hybridized carbons (Fsp3) is 0. The van der Waals surface area contributed by atoms with E-state index < -0.39 is 0 Å². The maximum Gasteiger partial charge on any atom is 0.227 e. The number of aromatic nitrogens is 3. The number of hydrogen-bond acceptors (Lipinski definition) is 5. The van der Waals surface area contributed by atoms with Gasteiger partial charge in [-0.1, -0.05) is 84.9 Å². The fourth-order valence-electron chi connectivity index (χ4n) is 5.54. The van der Waals surface area contributed by atoms with Crippen LogP contribution < -0.4 is 4.90 Å². The van der Waals surface area contributed by atoms with E-state index in [1.165, 1.54) is 0 Å². The summed E-state index contributed by atoms with van der Waals surface area (Å²) in [6, 6.07) is 53.3. The van der Waals surface area contributed by atoms with E-state index in [9.17, 15) is 0 Å². The van der Waals surface area contributed by atoms with Gasteiger partial charge in [0.15, 0.2) is 5.58 Å². The van der Waals surface area contributed by atoms with Gasteiger partial charge in [0.05, 0.1) is 22.4 Å². The molecular formula is C39H26N4O. The highest BCUT2D eigenvalue weighted by Crippen LogP contribution is 2.38. The van der Waals surface area contributed by atoms with Crippen LogP contribution in [0.1, 0.15) is 0 Å². The van der Waals surface area contributed by atoms with E-state index >= 15 is 0 Å². The third-order valence-electron chi connectivity index (χ3n) is 7.70. The number of fused-ring (bicyclic) bond motifs is 2. The van der Waals surface area contributed by atoms with Crippen molar-refractivity contribution in [3.05, 3.63) is 158 Å². The smallest absolute Gasteiger partial charge is 0.227 e. The van der Waals surface area contributed by atoms with Gasteiger partial charge in [-0.3, -0.25) is 0 Å². The molecule has 0 atom stereocenters. The van der Waals surface area contributed by atoms with Crippen LogP contribution in [0.3, 0.4) is 0 Å². The van der Waals surface area contributed by atoms with E-state index in [0.717, 1.165) is 67.3 Å². The predicted octanol–water partition coefficient (Wildman–Crippen LogP) is 10.2. The minimum atomic E-state index is 0.610. The van der Waals surface area contributed by atoms with Crippen LogP contribution in [0, 0.1) is 0 Å². The van der Waals surface area contributed by atoms with E-state index in [0.29, 0.717) is 5.89 Å². The first-order valence-electron chi connectivity index (χ1n) is 14.5. The highest BCUT2D eigenvalue weighted by Gasteiger charge is 2.17. The molecule has 8 rings (SSSR count). The molecule has 2 aromatic heterocycles. The largest absolute Gasteiger partial charge is 0.436 e. The SMILES string of the molecule is c1ccc(-c2nc3ccccc3nc2-c2ccc(N(c3ccccc3)c3ccc(-c4nc5ccccc5o4)cc3)cc2)cc1. The second kappa shape index (κ2) is 11.0. The number of oxazole rings is 1. The van der Waals surface area contributed by atoms with Gasteiger partial charge in [-0.05, 0) is 72.8 Å². The van der Waals surface area contributed by atoms with Gasteiger partial charge in [-0.15, -0.1) is 0 Å². The summed E-state index contributed by atoms with van der Waals surface area (Å²) < 4.78 is 6.01. The summed E-state index contributed by atoms with van der Waals surface area (Å²) in [4.78, 5) is 17.0. The van der Waals surface area contributed by atoms with Crippen LogP contribution in [-0.2, 0) is 0 Å². The van der Waals surface area contributed by atoms with Gasteiger partial charge in [-0.2, -0.15) is 0 Å². The molecule has 0 aliphatic heterocycles. The fourth-order valence-corrected chi connectivity index (χ4v) is 5.54. The van der Waals surface area contributed by atoms with Gasteiger partial charge < -0.3 is 9.32 Å². The first-order chi connectivity index (χ1) is 21.8. The molecule has 0 unspecified atom stereocenters. The van der Waals surface area contributed by atoms with Crippen molar-refractivity contribution in [2.75, 3.05) is 4.90 Å². The molecule has 0 saturated heterocycles. The number of hydrogen-bond donors (Lipinski definition) is 0.